The van der Waals surface area contributed by atoms with Crippen LogP contribution in [0, 0.1) is 11.7 Å². The minimum absolute atomic E-state index is 0.0357. The van der Waals surface area contributed by atoms with Crippen molar-refractivity contribution in [3.8, 4) is 0 Å². The van der Waals surface area contributed by atoms with Crippen molar-refractivity contribution in [3.05, 3.63) is 34.6 Å². The van der Waals surface area contributed by atoms with Crippen LogP contribution in [-0.4, -0.2) is 17.0 Å². The van der Waals surface area contributed by atoms with E-state index in [4.69, 9.17) is 16.7 Å². The van der Waals surface area contributed by atoms with E-state index in [0.717, 1.165) is 6.07 Å². The third-order valence-electron chi connectivity index (χ3n) is 2.35. The SMILES string of the molecule is CC(C)C(=O)NC(C(=O)O)c1c(F)cccc1Cl. The van der Waals surface area contributed by atoms with E-state index >= 15 is 0 Å². The van der Waals surface area contributed by atoms with Crippen LogP contribution in [0.3, 0.4) is 0 Å². The number of rotatable bonds is 4. The third-order valence-corrected chi connectivity index (χ3v) is 2.68. The van der Waals surface area contributed by atoms with Gasteiger partial charge in [-0.1, -0.05) is 31.5 Å². The summed E-state index contributed by atoms with van der Waals surface area (Å²) in [4.78, 5) is 22.6. The van der Waals surface area contributed by atoms with E-state index in [-0.39, 0.29) is 10.6 Å². The quantitative estimate of drug-likeness (QED) is 0.885. The number of carbonyl (C=O) groups is 2. The molecule has 0 heterocycles. The van der Waals surface area contributed by atoms with E-state index in [1.807, 2.05) is 0 Å². The monoisotopic (exact) mass is 273 g/mol. The van der Waals surface area contributed by atoms with Crippen molar-refractivity contribution in [3.63, 3.8) is 0 Å². The van der Waals surface area contributed by atoms with Crippen molar-refractivity contribution >= 4 is 23.5 Å². The van der Waals surface area contributed by atoms with Gasteiger partial charge < -0.3 is 10.4 Å². The van der Waals surface area contributed by atoms with Gasteiger partial charge >= 0.3 is 5.97 Å². The Bertz CT molecular complexity index is 456. The molecule has 0 spiro atoms. The average Bonchev–Trinajstić information content (AvgIpc) is 2.26. The number of carboxylic acid groups (broad SMARTS) is 1. The first-order valence-electron chi connectivity index (χ1n) is 5.31. The zero-order valence-electron chi connectivity index (χ0n) is 9.91. The normalized spacial score (nSPS) is 12.3. The van der Waals surface area contributed by atoms with E-state index in [1.165, 1.54) is 12.1 Å². The van der Waals surface area contributed by atoms with E-state index in [9.17, 15) is 14.0 Å². The summed E-state index contributed by atoms with van der Waals surface area (Å²) in [5, 5.41) is 11.3. The van der Waals surface area contributed by atoms with Gasteiger partial charge in [-0.15, -0.1) is 0 Å². The topological polar surface area (TPSA) is 66.4 Å². The fraction of sp³-hybridized carbons (Fsp3) is 0.333. The Morgan fingerprint density at radius 2 is 2.00 bits per heavy atom. The van der Waals surface area contributed by atoms with Crippen LogP contribution in [0.25, 0.3) is 0 Å². The largest absolute Gasteiger partial charge is 0.479 e. The van der Waals surface area contributed by atoms with Gasteiger partial charge in [0.05, 0.1) is 0 Å². The number of aliphatic carboxylic acids is 1. The molecule has 0 fully saturated rings. The van der Waals surface area contributed by atoms with Gasteiger partial charge in [-0.2, -0.15) is 0 Å². The minimum atomic E-state index is -1.49. The number of halogens is 2. The summed E-state index contributed by atoms with van der Waals surface area (Å²) in [6.45, 7) is 3.22. The molecule has 98 valence electrons. The Morgan fingerprint density at radius 1 is 1.39 bits per heavy atom. The summed E-state index contributed by atoms with van der Waals surface area (Å²) >= 11 is 5.78. The first-order chi connectivity index (χ1) is 8.34. The molecule has 1 aromatic rings. The minimum Gasteiger partial charge on any atom is -0.479 e. The van der Waals surface area contributed by atoms with Gasteiger partial charge in [-0.05, 0) is 12.1 Å². The summed E-state index contributed by atoms with van der Waals surface area (Å²) in [6, 6.07) is 2.34. The van der Waals surface area contributed by atoms with Crippen molar-refractivity contribution in [2.45, 2.75) is 19.9 Å². The van der Waals surface area contributed by atoms with Crippen molar-refractivity contribution in [2.75, 3.05) is 0 Å². The number of hydrogen-bond acceptors (Lipinski definition) is 2. The van der Waals surface area contributed by atoms with Gasteiger partial charge in [0.15, 0.2) is 6.04 Å². The number of benzene rings is 1. The molecule has 0 radical (unpaired) electrons. The smallest absolute Gasteiger partial charge is 0.331 e. The molecule has 0 aliphatic carbocycles. The highest BCUT2D eigenvalue weighted by molar-refractivity contribution is 6.31. The molecule has 18 heavy (non-hydrogen) atoms. The molecule has 2 N–H and O–H groups in total. The molecule has 4 nitrogen and oxygen atoms in total. The Balaban J connectivity index is 3.13. The Hall–Kier alpha value is -1.62. The van der Waals surface area contributed by atoms with Crippen LogP contribution in [0.1, 0.15) is 25.5 Å². The zero-order valence-corrected chi connectivity index (χ0v) is 10.7. The highest BCUT2D eigenvalue weighted by atomic mass is 35.5. The van der Waals surface area contributed by atoms with Gasteiger partial charge in [0.25, 0.3) is 0 Å². The molecule has 0 aromatic heterocycles. The first-order valence-corrected chi connectivity index (χ1v) is 5.69. The van der Waals surface area contributed by atoms with Crippen LogP contribution in [-0.2, 0) is 9.59 Å². The van der Waals surface area contributed by atoms with E-state index in [2.05, 4.69) is 5.32 Å². The van der Waals surface area contributed by atoms with Gasteiger partial charge in [-0.25, -0.2) is 9.18 Å². The lowest BCUT2D eigenvalue weighted by atomic mass is 10.0. The highest BCUT2D eigenvalue weighted by Crippen LogP contribution is 2.26. The summed E-state index contributed by atoms with van der Waals surface area (Å²) in [7, 11) is 0. The number of carbonyl (C=O) groups excluding carboxylic acids is 1. The second-order valence-electron chi connectivity index (χ2n) is 4.07. The molecule has 0 bridgehead atoms. The van der Waals surface area contributed by atoms with Crippen molar-refractivity contribution in [1.82, 2.24) is 5.32 Å². The second kappa shape index (κ2) is 5.82. The molecule has 0 saturated carbocycles. The summed E-state index contributed by atoms with van der Waals surface area (Å²) in [5.41, 5.74) is -0.235. The van der Waals surface area contributed by atoms with Crippen LogP contribution in [0.4, 0.5) is 4.39 Å². The molecule has 6 heteroatoms. The highest BCUT2D eigenvalue weighted by Gasteiger charge is 2.28. The molecule has 0 aliphatic heterocycles. The lowest BCUT2D eigenvalue weighted by Crippen LogP contribution is -2.36. The van der Waals surface area contributed by atoms with Gasteiger partial charge in [0.2, 0.25) is 5.91 Å². The lowest BCUT2D eigenvalue weighted by Gasteiger charge is -2.18. The molecule has 1 rings (SSSR count). The van der Waals surface area contributed by atoms with Crippen molar-refractivity contribution in [1.29, 1.82) is 0 Å². The van der Waals surface area contributed by atoms with Gasteiger partial charge in [0.1, 0.15) is 5.82 Å². The number of carboxylic acids is 1. The standard InChI is InChI=1S/C12H13ClFNO3/c1-6(2)11(16)15-10(12(17)18)9-7(13)4-3-5-8(9)14/h3-6,10H,1-2H3,(H,15,16)(H,17,18). The molecular formula is C12H13ClFNO3. The molecule has 1 amide bonds. The summed E-state index contributed by atoms with van der Waals surface area (Å²) in [6.07, 6.45) is 0. The Morgan fingerprint density at radius 3 is 2.44 bits per heavy atom. The van der Waals surface area contributed by atoms with Gasteiger partial charge in [0, 0.05) is 16.5 Å². The number of nitrogens with one attached hydrogen (secondary N) is 1. The number of hydrogen-bond donors (Lipinski definition) is 2. The average molecular weight is 274 g/mol. The van der Waals surface area contributed by atoms with Crippen LogP contribution < -0.4 is 5.32 Å². The van der Waals surface area contributed by atoms with E-state index < -0.39 is 29.7 Å². The predicted octanol–water partition coefficient (Wildman–Crippen LogP) is 2.38. The first kappa shape index (κ1) is 14.4. The van der Waals surface area contributed by atoms with Crippen molar-refractivity contribution < 1.29 is 19.1 Å². The maximum Gasteiger partial charge on any atom is 0.331 e. The lowest BCUT2D eigenvalue weighted by molar-refractivity contribution is -0.142. The molecule has 1 aromatic carbocycles. The predicted molar refractivity (Wildman–Crippen MR) is 64.8 cm³/mol. The second-order valence-corrected chi connectivity index (χ2v) is 4.48. The van der Waals surface area contributed by atoms with Crippen LogP contribution in [0.15, 0.2) is 18.2 Å². The molecule has 0 saturated heterocycles. The Kier molecular flexibility index (Phi) is 4.67. The molecule has 1 unspecified atom stereocenters. The fourth-order valence-electron chi connectivity index (χ4n) is 1.35. The van der Waals surface area contributed by atoms with Gasteiger partial charge in [-0.3, -0.25) is 4.79 Å². The van der Waals surface area contributed by atoms with Crippen LogP contribution >= 0.6 is 11.6 Å². The molecule has 0 aliphatic rings. The third kappa shape index (κ3) is 3.20. The maximum absolute atomic E-state index is 13.6. The van der Waals surface area contributed by atoms with E-state index in [1.54, 1.807) is 13.8 Å². The molecular weight excluding hydrogens is 261 g/mol. The van der Waals surface area contributed by atoms with Crippen LogP contribution in [0.2, 0.25) is 5.02 Å². The van der Waals surface area contributed by atoms with E-state index in [0.29, 0.717) is 0 Å². The zero-order chi connectivity index (χ0) is 13.9. The molecule has 1 atom stereocenters. The fourth-order valence-corrected chi connectivity index (χ4v) is 1.62. The number of amides is 1. The summed E-state index contributed by atoms with van der Waals surface area (Å²) < 4.78 is 13.6. The van der Waals surface area contributed by atoms with Crippen molar-refractivity contribution in [2.24, 2.45) is 5.92 Å². The maximum atomic E-state index is 13.6. The summed E-state index contributed by atoms with van der Waals surface area (Å²) in [5.74, 6) is -3.02. The van der Waals surface area contributed by atoms with Crippen LogP contribution in [0.5, 0.6) is 0 Å². The Labute approximate surface area is 109 Å².